The number of rotatable bonds is 7. The van der Waals surface area contributed by atoms with Gasteiger partial charge in [0, 0.05) is 12.7 Å². The SMILES string of the molecule is CCCCCCn1cc(CCN)cn1. The van der Waals surface area contributed by atoms with Crippen molar-refractivity contribution in [3.63, 3.8) is 0 Å². The minimum Gasteiger partial charge on any atom is -0.330 e. The van der Waals surface area contributed by atoms with Crippen LogP contribution in [0.2, 0.25) is 0 Å². The van der Waals surface area contributed by atoms with Crippen LogP contribution in [0.1, 0.15) is 38.2 Å². The van der Waals surface area contributed by atoms with Gasteiger partial charge in [-0.25, -0.2) is 0 Å². The summed E-state index contributed by atoms with van der Waals surface area (Å²) in [5.41, 5.74) is 6.73. The van der Waals surface area contributed by atoms with Crippen LogP contribution in [0, 0.1) is 0 Å². The molecule has 0 aromatic carbocycles. The van der Waals surface area contributed by atoms with Crippen LogP contribution in [0.5, 0.6) is 0 Å². The molecule has 0 atom stereocenters. The molecule has 1 rings (SSSR count). The zero-order chi connectivity index (χ0) is 10.2. The summed E-state index contributed by atoms with van der Waals surface area (Å²) in [6.45, 7) is 3.99. The standard InChI is InChI=1S/C11H21N3/c1-2-3-4-5-8-14-10-11(6-7-12)9-13-14/h9-10H,2-8,12H2,1H3. The van der Waals surface area contributed by atoms with E-state index in [-0.39, 0.29) is 0 Å². The Balaban J connectivity index is 2.22. The number of hydrogen-bond donors (Lipinski definition) is 1. The highest BCUT2D eigenvalue weighted by Gasteiger charge is 1.96. The van der Waals surface area contributed by atoms with E-state index in [9.17, 15) is 0 Å². The first-order chi connectivity index (χ1) is 6.86. The molecule has 1 heterocycles. The molecule has 14 heavy (non-hydrogen) atoms. The van der Waals surface area contributed by atoms with E-state index in [4.69, 9.17) is 5.73 Å². The van der Waals surface area contributed by atoms with Gasteiger partial charge in [-0.05, 0) is 24.9 Å². The summed E-state index contributed by atoms with van der Waals surface area (Å²) in [4.78, 5) is 0. The van der Waals surface area contributed by atoms with E-state index < -0.39 is 0 Å². The molecule has 80 valence electrons. The number of aryl methyl sites for hydroxylation is 1. The van der Waals surface area contributed by atoms with E-state index in [1.807, 2.05) is 10.9 Å². The lowest BCUT2D eigenvalue weighted by atomic mass is 10.2. The summed E-state index contributed by atoms with van der Waals surface area (Å²) in [6, 6.07) is 0. The first kappa shape index (κ1) is 11.2. The number of hydrogen-bond acceptors (Lipinski definition) is 2. The molecule has 0 spiro atoms. The van der Waals surface area contributed by atoms with Gasteiger partial charge in [-0.15, -0.1) is 0 Å². The third kappa shape index (κ3) is 3.92. The molecule has 0 aliphatic rings. The molecule has 0 saturated carbocycles. The van der Waals surface area contributed by atoms with Gasteiger partial charge >= 0.3 is 0 Å². The van der Waals surface area contributed by atoms with Gasteiger partial charge < -0.3 is 5.73 Å². The second kappa shape index (κ2) is 6.60. The number of unbranched alkanes of at least 4 members (excludes halogenated alkanes) is 3. The molecule has 0 bridgehead atoms. The largest absolute Gasteiger partial charge is 0.330 e. The van der Waals surface area contributed by atoms with E-state index in [0.29, 0.717) is 6.54 Å². The molecule has 0 radical (unpaired) electrons. The van der Waals surface area contributed by atoms with Crippen molar-refractivity contribution in [2.45, 2.75) is 45.6 Å². The van der Waals surface area contributed by atoms with Gasteiger partial charge in [0.05, 0.1) is 6.20 Å². The highest BCUT2D eigenvalue weighted by Crippen LogP contribution is 2.03. The number of nitrogens with zero attached hydrogens (tertiary/aromatic N) is 2. The predicted octanol–water partition coefficient (Wildman–Crippen LogP) is 1.96. The maximum absolute atomic E-state index is 5.47. The summed E-state index contributed by atoms with van der Waals surface area (Å²) in [6.07, 6.45) is 10.1. The molecule has 1 aromatic rings. The summed E-state index contributed by atoms with van der Waals surface area (Å²) >= 11 is 0. The maximum Gasteiger partial charge on any atom is 0.0522 e. The monoisotopic (exact) mass is 195 g/mol. The zero-order valence-electron chi connectivity index (χ0n) is 9.08. The number of nitrogens with two attached hydrogens (primary N) is 1. The summed E-state index contributed by atoms with van der Waals surface area (Å²) in [7, 11) is 0. The van der Waals surface area contributed by atoms with Crippen molar-refractivity contribution in [2.24, 2.45) is 5.73 Å². The van der Waals surface area contributed by atoms with Crippen molar-refractivity contribution < 1.29 is 0 Å². The quantitative estimate of drug-likeness (QED) is 0.676. The van der Waals surface area contributed by atoms with Gasteiger partial charge in [-0.2, -0.15) is 5.10 Å². The van der Waals surface area contributed by atoms with Crippen molar-refractivity contribution in [3.05, 3.63) is 18.0 Å². The summed E-state index contributed by atoms with van der Waals surface area (Å²) in [5, 5.41) is 4.29. The minimum absolute atomic E-state index is 0.710. The van der Waals surface area contributed by atoms with E-state index in [1.165, 1.54) is 31.2 Å². The first-order valence-corrected chi connectivity index (χ1v) is 5.58. The normalized spacial score (nSPS) is 10.7. The van der Waals surface area contributed by atoms with Crippen molar-refractivity contribution in [1.29, 1.82) is 0 Å². The second-order valence-electron chi connectivity index (χ2n) is 3.71. The minimum atomic E-state index is 0.710. The summed E-state index contributed by atoms with van der Waals surface area (Å²) < 4.78 is 2.03. The van der Waals surface area contributed by atoms with E-state index in [0.717, 1.165) is 13.0 Å². The highest BCUT2D eigenvalue weighted by atomic mass is 15.3. The highest BCUT2D eigenvalue weighted by molar-refractivity contribution is 5.03. The number of aromatic nitrogens is 2. The van der Waals surface area contributed by atoms with Gasteiger partial charge in [-0.3, -0.25) is 4.68 Å². The fourth-order valence-electron chi connectivity index (χ4n) is 1.53. The first-order valence-electron chi connectivity index (χ1n) is 5.58. The van der Waals surface area contributed by atoms with Crippen LogP contribution in [0.3, 0.4) is 0 Å². The van der Waals surface area contributed by atoms with E-state index in [1.54, 1.807) is 0 Å². The average Bonchev–Trinajstić information content (AvgIpc) is 2.61. The molecule has 0 saturated heterocycles. The Morgan fingerprint density at radius 3 is 2.93 bits per heavy atom. The van der Waals surface area contributed by atoms with E-state index in [2.05, 4.69) is 18.2 Å². The molecule has 0 unspecified atom stereocenters. The Kier molecular flexibility index (Phi) is 5.30. The van der Waals surface area contributed by atoms with Crippen LogP contribution >= 0.6 is 0 Å². The van der Waals surface area contributed by atoms with Crippen LogP contribution in [0.25, 0.3) is 0 Å². The van der Waals surface area contributed by atoms with Gasteiger partial charge in [0.25, 0.3) is 0 Å². The van der Waals surface area contributed by atoms with Crippen LogP contribution in [-0.4, -0.2) is 16.3 Å². The topological polar surface area (TPSA) is 43.8 Å². The van der Waals surface area contributed by atoms with Crippen molar-refractivity contribution in [2.75, 3.05) is 6.54 Å². The van der Waals surface area contributed by atoms with Gasteiger partial charge in [-0.1, -0.05) is 26.2 Å². The fraction of sp³-hybridized carbons (Fsp3) is 0.727. The third-order valence-corrected chi connectivity index (χ3v) is 2.36. The lowest BCUT2D eigenvalue weighted by molar-refractivity contribution is 0.541. The zero-order valence-corrected chi connectivity index (χ0v) is 9.08. The second-order valence-corrected chi connectivity index (χ2v) is 3.71. The predicted molar refractivity (Wildman–Crippen MR) is 59.1 cm³/mol. The molecule has 1 aromatic heterocycles. The van der Waals surface area contributed by atoms with Crippen LogP contribution in [0.4, 0.5) is 0 Å². The van der Waals surface area contributed by atoms with Crippen molar-refractivity contribution in [1.82, 2.24) is 9.78 Å². The Morgan fingerprint density at radius 1 is 1.36 bits per heavy atom. The average molecular weight is 195 g/mol. The van der Waals surface area contributed by atoms with Crippen molar-refractivity contribution in [3.8, 4) is 0 Å². The molecule has 0 fully saturated rings. The van der Waals surface area contributed by atoms with Gasteiger partial charge in [0.1, 0.15) is 0 Å². The Bertz CT molecular complexity index is 242. The maximum atomic E-state index is 5.47. The fourth-order valence-corrected chi connectivity index (χ4v) is 1.53. The molecular weight excluding hydrogens is 174 g/mol. The van der Waals surface area contributed by atoms with Crippen molar-refractivity contribution >= 4 is 0 Å². The smallest absolute Gasteiger partial charge is 0.0522 e. The van der Waals surface area contributed by atoms with Crippen LogP contribution in [0.15, 0.2) is 12.4 Å². The third-order valence-electron chi connectivity index (χ3n) is 2.36. The Labute approximate surface area is 86.3 Å². The molecule has 3 nitrogen and oxygen atoms in total. The molecular formula is C11H21N3. The molecule has 0 amide bonds. The lowest BCUT2D eigenvalue weighted by Crippen LogP contribution is -2.02. The summed E-state index contributed by atoms with van der Waals surface area (Å²) in [5.74, 6) is 0. The Hall–Kier alpha value is -0.830. The van der Waals surface area contributed by atoms with Crippen LogP contribution < -0.4 is 5.73 Å². The molecule has 0 aliphatic heterocycles. The molecule has 0 aliphatic carbocycles. The lowest BCUT2D eigenvalue weighted by Gasteiger charge is -1.99. The van der Waals surface area contributed by atoms with E-state index >= 15 is 0 Å². The molecule has 2 N–H and O–H groups in total. The van der Waals surface area contributed by atoms with Gasteiger partial charge in [0.15, 0.2) is 0 Å². The van der Waals surface area contributed by atoms with Gasteiger partial charge in [0.2, 0.25) is 0 Å². The Morgan fingerprint density at radius 2 is 2.21 bits per heavy atom. The molecule has 3 heteroatoms. The van der Waals surface area contributed by atoms with Crippen LogP contribution in [-0.2, 0) is 13.0 Å².